The topological polar surface area (TPSA) is 63.1 Å². The third-order valence-corrected chi connectivity index (χ3v) is 4.98. The first kappa shape index (κ1) is 24.4. The van der Waals surface area contributed by atoms with Crippen LogP contribution in [-0.4, -0.2) is 45.2 Å². The van der Waals surface area contributed by atoms with Crippen LogP contribution in [0.15, 0.2) is 36.8 Å². The van der Waals surface area contributed by atoms with Crippen LogP contribution in [0.1, 0.15) is 49.8 Å². The molecule has 1 saturated heterocycles. The second-order valence-electron chi connectivity index (χ2n) is 6.99. The maximum Gasteiger partial charge on any atom is 0.244 e. The van der Waals surface area contributed by atoms with Crippen molar-refractivity contribution in [3.05, 3.63) is 48.0 Å². The van der Waals surface area contributed by atoms with Crippen molar-refractivity contribution in [2.45, 2.75) is 51.6 Å². The van der Waals surface area contributed by atoms with Crippen LogP contribution < -0.4 is 5.32 Å². The lowest BCUT2D eigenvalue weighted by atomic mass is 9.96. The predicted molar refractivity (Wildman–Crippen MR) is 116 cm³/mol. The van der Waals surface area contributed by atoms with Gasteiger partial charge < -0.3 is 10.2 Å². The molecule has 0 saturated carbocycles. The average Bonchev–Trinajstić information content (AvgIpc) is 3.14. The molecule has 1 aliphatic heterocycles. The fourth-order valence-electron chi connectivity index (χ4n) is 3.51. The molecule has 1 unspecified atom stereocenters. The van der Waals surface area contributed by atoms with Crippen molar-refractivity contribution in [1.29, 1.82) is 0 Å². The largest absolute Gasteiger partial charge is 0.337 e. The van der Waals surface area contributed by atoms with E-state index in [-0.39, 0.29) is 30.7 Å². The Morgan fingerprint density at radius 3 is 2.86 bits per heavy atom. The van der Waals surface area contributed by atoms with E-state index in [0.29, 0.717) is 19.0 Å². The van der Waals surface area contributed by atoms with Crippen LogP contribution in [0.4, 0.5) is 0 Å². The molecule has 28 heavy (non-hydrogen) atoms. The van der Waals surface area contributed by atoms with E-state index in [0.717, 1.165) is 44.5 Å². The monoisotopic (exact) mass is 427 g/mol. The van der Waals surface area contributed by atoms with Gasteiger partial charge in [0, 0.05) is 49.8 Å². The number of nitrogens with zero attached hydrogens (tertiary/aromatic N) is 4. The highest BCUT2D eigenvalue weighted by Crippen LogP contribution is 2.23. The number of amides is 1. The molecule has 156 valence electrons. The van der Waals surface area contributed by atoms with Crippen molar-refractivity contribution in [2.24, 2.45) is 0 Å². The van der Waals surface area contributed by atoms with Gasteiger partial charge >= 0.3 is 0 Å². The van der Waals surface area contributed by atoms with E-state index in [2.05, 4.69) is 28.4 Å². The lowest BCUT2D eigenvalue weighted by molar-refractivity contribution is -0.132. The number of rotatable bonds is 8. The summed E-state index contributed by atoms with van der Waals surface area (Å²) in [5.41, 5.74) is 2.23. The Balaban J connectivity index is 0.00000196. The Labute approximate surface area is 179 Å². The summed E-state index contributed by atoms with van der Waals surface area (Å²) in [5, 5.41) is 7.87. The molecule has 8 heteroatoms. The third-order valence-electron chi connectivity index (χ3n) is 4.98. The van der Waals surface area contributed by atoms with Crippen molar-refractivity contribution < 1.29 is 4.79 Å². The zero-order valence-corrected chi connectivity index (χ0v) is 18.1. The molecule has 1 atom stereocenters. The van der Waals surface area contributed by atoms with Gasteiger partial charge in [0.15, 0.2) is 0 Å². The van der Waals surface area contributed by atoms with Crippen LogP contribution in [0.5, 0.6) is 0 Å². The molecule has 0 bridgehead atoms. The number of hydrogen-bond acceptors (Lipinski definition) is 4. The summed E-state index contributed by atoms with van der Waals surface area (Å²) in [6.07, 6.45) is 9.81. The number of aromatic nitrogens is 3. The van der Waals surface area contributed by atoms with Gasteiger partial charge in [0.25, 0.3) is 0 Å². The third kappa shape index (κ3) is 6.76. The number of carbonyl (C=O) groups is 1. The molecule has 6 nitrogen and oxygen atoms in total. The normalized spacial score (nSPS) is 16.0. The molecule has 3 heterocycles. The van der Waals surface area contributed by atoms with Gasteiger partial charge in [-0.15, -0.1) is 24.8 Å². The first-order valence-electron chi connectivity index (χ1n) is 9.67. The van der Waals surface area contributed by atoms with Crippen LogP contribution in [0.3, 0.4) is 0 Å². The van der Waals surface area contributed by atoms with Crippen molar-refractivity contribution in [1.82, 2.24) is 25.0 Å². The van der Waals surface area contributed by atoms with Crippen LogP contribution in [0.2, 0.25) is 0 Å². The minimum atomic E-state index is 0. The zero-order chi connectivity index (χ0) is 18.2. The van der Waals surface area contributed by atoms with Gasteiger partial charge in [0.2, 0.25) is 5.91 Å². The number of unbranched alkanes of at least 4 members (excludes halogenated alkanes) is 1. The number of carbonyl (C=O) groups excluding carboxylic acids is 1. The van der Waals surface area contributed by atoms with Crippen LogP contribution >= 0.6 is 24.8 Å². The molecule has 2 aromatic rings. The second-order valence-corrected chi connectivity index (χ2v) is 6.99. The second kappa shape index (κ2) is 12.8. The molecule has 1 N–H and O–H groups in total. The molecular weight excluding hydrogens is 397 g/mol. The zero-order valence-electron chi connectivity index (χ0n) is 16.4. The van der Waals surface area contributed by atoms with E-state index in [4.69, 9.17) is 0 Å². The van der Waals surface area contributed by atoms with Crippen LogP contribution in [-0.2, 0) is 17.9 Å². The van der Waals surface area contributed by atoms with Crippen LogP contribution in [0, 0.1) is 0 Å². The van der Waals surface area contributed by atoms with Gasteiger partial charge in [-0.3, -0.25) is 14.5 Å². The summed E-state index contributed by atoms with van der Waals surface area (Å²) in [7, 11) is 0. The van der Waals surface area contributed by atoms with Gasteiger partial charge in [-0.05, 0) is 43.5 Å². The molecule has 3 rings (SSSR count). The minimum absolute atomic E-state index is 0. The summed E-state index contributed by atoms with van der Waals surface area (Å²) in [6.45, 7) is 5.88. The van der Waals surface area contributed by atoms with Gasteiger partial charge in [0.05, 0.1) is 0 Å². The van der Waals surface area contributed by atoms with E-state index in [1.807, 2.05) is 34.1 Å². The molecule has 0 radical (unpaired) electrons. The van der Waals surface area contributed by atoms with Gasteiger partial charge in [-0.1, -0.05) is 19.4 Å². The molecule has 0 aliphatic carbocycles. The summed E-state index contributed by atoms with van der Waals surface area (Å²) in [5.74, 6) is 0.567. The maximum absolute atomic E-state index is 13.0. The lowest BCUT2D eigenvalue weighted by Gasteiger charge is -2.26. The molecule has 2 aromatic heterocycles. The van der Waals surface area contributed by atoms with E-state index in [1.165, 1.54) is 12.1 Å². The van der Waals surface area contributed by atoms with Crippen molar-refractivity contribution in [3.8, 4) is 0 Å². The molecule has 1 aliphatic rings. The van der Waals surface area contributed by atoms with Crippen molar-refractivity contribution >= 4 is 30.7 Å². The number of nitrogens with one attached hydrogen (secondary N) is 1. The number of hydrogen-bond donors (Lipinski definition) is 1. The lowest BCUT2D eigenvalue weighted by Crippen LogP contribution is -2.36. The average molecular weight is 428 g/mol. The predicted octanol–water partition coefficient (Wildman–Crippen LogP) is 3.42. The molecular formula is C20H31Cl2N5O. The number of halogens is 2. The fraction of sp³-hybridized carbons (Fsp3) is 0.550. The molecule has 1 fully saturated rings. The molecule has 1 amide bonds. The quantitative estimate of drug-likeness (QED) is 0.700. The van der Waals surface area contributed by atoms with E-state index < -0.39 is 0 Å². The number of piperidine rings is 1. The Kier molecular flexibility index (Phi) is 11.1. The van der Waals surface area contributed by atoms with Gasteiger partial charge in [-0.2, -0.15) is 5.10 Å². The Bertz CT molecular complexity index is 689. The van der Waals surface area contributed by atoms with E-state index in [1.54, 1.807) is 6.20 Å². The molecule has 0 spiro atoms. The first-order chi connectivity index (χ1) is 12.8. The fourth-order valence-corrected chi connectivity index (χ4v) is 3.51. The first-order valence-corrected chi connectivity index (χ1v) is 9.67. The Morgan fingerprint density at radius 1 is 1.32 bits per heavy atom. The minimum Gasteiger partial charge on any atom is -0.337 e. The van der Waals surface area contributed by atoms with Gasteiger partial charge in [0.1, 0.15) is 6.54 Å². The summed E-state index contributed by atoms with van der Waals surface area (Å²) in [6, 6.07) is 5.99. The van der Waals surface area contributed by atoms with Crippen molar-refractivity contribution in [2.75, 3.05) is 19.6 Å². The summed E-state index contributed by atoms with van der Waals surface area (Å²) >= 11 is 0. The van der Waals surface area contributed by atoms with E-state index in [9.17, 15) is 4.79 Å². The molecule has 0 aromatic carbocycles. The SMILES string of the molecule is CCCCN(Cc1cccnc1)C(=O)Cn1nccc1C1CCCNC1.Cl.Cl. The highest BCUT2D eigenvalue weighted by molar-refractivity contribution is 5.85. The smallest absolute Gasteiger partial charge is 0.244 e. The Hall–Kier alpha value is -1.63. The van der Waals surface area contributed by atoms with Crippen molar-refractivity contribution in [3.63, 3.8) is 0 Å². The maximum atomic E-state index is 13.0. The van der Waals surface area contributed by atoms with E-state index >= 15 is 0 Å². The van der Waals surface area contributed by atoms with Gasteiger partial charge in [-0.25, -0.2) is 0 Å². The Morgan fingerprint density at radius 2 is 2.18 bits per heavy atom. The number of pyridine rings is 1. The standard InChI is InChI=1S/C20H29N5O.2ClH/c1-2-3-12-24(15-17-6-4-9-21-13-17)20(26)16-25-19(8-11-23-25)18-7-5-10-22-14-18;;/h4,6,8-9,11,13,18,22H,2-3,5,7,10,12,14-16H2,1H3;2*1H. The summed E-state index contributed by atoms with van der Waals surface area (Å²) in [4.78, 5) is 19.1. The highest BCUT2D eigenvalue weighted by atomic mass is 35.5. The highest BCUT2D eigenvalue weighted by Gasteiger charge is 2.21. The van der Waals surface area contributed by atoms with Crippen LogP contribution in [0.25, 0.3) is 0 Å². The summed E-state index contributed by atoms with van der Waals surface area (Å²) < 4.78 is 1.89.